The van der Waals surface area contributed by atoms with Crippen LogP contribution in [-0.4, -0.2) is 0 Å². The van der Waals surface area contributed by atoms with E-state index in [0.29, 0.717) is 5.92 Å². The molecule has 2 fully saturated rings. The summed E-state index contributed by atoms with van der Waals surface area (Å²) in [6.07, 6.45) is 5.32. The third kappa shape index (κ3) is 6.59. The van der Waals surface area contributed by atoms with Gasteiger partial charge >= 0.3 is 0 Å². The number of hydrogen-bond acceptors (Lipinski definition) is 1. The summed E-state index contributed by atoms with van der Waals surface area (Å²) in [6.45, 7) is 4.78. The molecule has 0 aliphatic heterocycles. The maximum absolute atomic E-state index is 2.58. The van der Waals surface area contributed by atoms with E-state index in [1.54, 1.807) is 5.56 Å². The molecule has 14 rings (SSSR count). The summed E-state index contributed by atoms with van der Waals surface area (Å²) in [5.74, 6) is 1.51. The molecule has 4 aliphatic carbocycles. The Morgan fingerprint density at radius 3 is 1.35 bits per heavy atom. The molecule has 3 unspecified atom stereocenters. The lowest BCUT2D eigenvalue weighted by Gasteiger charge is -2.37. The number of nitrogens with zero attached hydrogens (tertiary/aromatic N) is 1. The van der Waals surface area contributed by atoms with Gasteiger partial charge in [-0.1, -0.05) is 220 Å². The minimum absolute atomic E-state index is 0.0948. The van der Waals surface area contributed by atoms with Crippen LogP contribution in [0.25, 0.3) is 77.9 Å². The summed E-state index contributed by atoms with van der Waals surface area (Å²) in [4.78, 5) is 2.50. The van der Waals surface area contributed by atoms with Crippen molar-refractivity contribution in [1.82, 2.24) is 0 Å². The Hall–Kier alpha value is -8.00. The SMILES string of the molecule is CC1(C)c2ccccc2-c2cccc(-c3ccccc3-c3ccc(N(c4ccc(-c5ccc(-c6ccc(-c7ccccc7)cc6)cc5)cc4)c4ccc5c(c4)C4(CC6CCC4C6)c4ccccc4-5)cc3)c21. The molecule has 2 saturated carbocycles. The third-order valence-corrected chi connectivity index (χ3v) is 17.2. The van der Waals surface area contributed by atoms with Gasteiger partial charge in [0, 0.05) is 27.9 Å². The van der Waals surface area contributed by atoms with Gasteiger partial charge in [0.25, 0.3) is 0 Å². The van der Waals surface area contributed by atoms with Crippen LogP contribution in [0.3, 0.4) is 0 Å². The largest absolute Gasteiger partial charge is 0.310 e. The topological polar surface area (TPSA) is 3.24 Å². The quantitative estimate of drug-likeness (QED) is 0.147. The van der Waals surface area contributed by atoms with Gasteiger partial charge in [-0.25, -0.2) is 0 Å². The zero-order valence-corrected chi connectivity index (χ0v) is 40.4. The highest BCUT2D eigenvalue weighted by molar-refractivity contribution is 5.94. The second-order valence-corrected chi connectivity index (χ2v) is 21.2. The van der Waals surface area contributed by atoms with Crippen LogP contribution in [0, 0.1) is 11.8 Å². The molecule has 1 heteroatoms. The average Bonchev–Trinajstić information content (AvgIpc) is 4.20. The number of rotatable bonds is 8. The number of anilines is 3. The van der Waals surface area contributed by atoms with E-state index in [1.807, 2.05) is 0 Å². The summed E-state index contributed by atoms with van der Waals surface area (Å²) < 4.78 is 0. The lowest BCUT2D eigenvalue weighted by Crippen LogP contribution is -2.32. The minimum atomic E-state index is -0.108. The summed E-state index contributed by atoms with van der Waals surface area (Å²) in [5, 5.41) is 0. The van der Waals surface area contributed by atoms with Crippen LogP contribution in [0.4, 0.5) is 17.1 Å². The molecule has 0 N–H and O–H groups in total. The van der Waals surface area contributed by atoms with Crippen molar-refractivity contribution in [3.63, 3.8) is 0 Å². The van der Waals surface area contributed by atoms with Gasteiger partial charge in [-0.2, -0.15) is 0 Å². The van der Waals surface area contributed by atoms with Crippen LogP contribution >= 0.6 is 0 Å². The molecule has 0 aromatic heterocycles. The van der Waals surface area contributed by atoms with Crippen molar-refractivity contribution in [2.45, 2.75) is 50.4 Å². The molecule has 0 radical (unpaired) electrons. The van der Waals surface area contributed by atoms with Crippen LogP contribution in [0.15, 0.2) is 237 Å². The summed E-state index contributed by atoms with van der Waals surface area (Å²) in [5.41, 5.74) is 27.3. The number of benzene rings is 10. The monoisotopic (exact) mass is 909 g/mol. The molecule has 0 saturated heterocycles. The van der Waals surface area contributed by atoms with Crippen molar-refractivity contribution in [1.29, 1.82) is 0 Å². The Balaban J connectivity index is 0.836. The van der Waals surface area contributed by atoms with Gasteiger partial charge in [-0.05, 0) is 168 Å². The molecule has 0 amide bonds. The predicted molar refractivity (Wildman–Crippen MR) is 298 cm³/mol. The van der Waals surface area contributed by atoms with Crippen molar-refractivity contribution in [2.24, 2.45) is 11.8 Å². The van der Waals surface area contributed by atoms with Crippen molar-refractivity contribution in [3.8, 4) is 77.9 Å². The Bertz CT molecular complexity index is 3660. The van der Waals surface area contributed by atoms with E-state index in [-0.39, 0.29) is 10.8 Å². The molecule has 340 valence electrons. The van der Waals surface area contributed by atoms with Crippen LogP contribution in [0.5, 0.6) is 0 Å². The fraction of sp³-hybridized carbons (Fsp3) is 0.143. The summed E-state index contributed by atoms with van der Waals surface area (Å²) in [6, 6.07) is 88.7. The molecular weight excluding hydrogens is 855 g/mol. The second kappa shape index (κ2) is 16.3. The van der Waals surface area contributed by atoms with Gasteiger partial charge in [0.05, 0.1) is 0 Å². The van der Waals surface area contributed by atoms with E-state index < -0.39 is 0 Å². The van der Waals surface area contributed by atoms with Crippen molar-refractivity contribution in [3.05, 3.63) is 259 Å². The Morgan fingerprint density at radius 1 is 0.338 bits per heavy atom. The first kappa shape index (κ1) is 41.9. The van der Waals surface area contributed by atoms with Gasteiger partial charge in [-0.15, -0.1) is 0 Å². The fourth-order valence-corrected chi connectivity index (χ4v) is 13.9. The summed E-state index contributed by atoms with van der Waals surface area (Å²) >= 11 is 0. The zero-order chi connectivity index (χ0) is 47.3. The van der Waals surface area contributed by atoms with E-state index in [2.05, 4.69) is 255 Å². The second-order valence-electron chi connectivity index (χ2n) is 21.2. The van der Waals surface area contributed by atoms with Crippen molar-refractivity contribution < 1.29 is 0 Å². The van der Waals surface area contributed by atoms with E-state index in [0.717, 1.165) is 17.3 Å². The Labute approximate surface area is 418 Å². The normalized spacial score (nSPS) is 18.5. The van der Waals surface area contributed by atoms with Gasteiger partial charge in [0.2, 0.25) is 0 Å². The van der Waals surface area contributed by atoms with Gasteiger partial charge in [0.15, 0.2) is 0 Å². The number of hydrogen-bond donors (Lipinski definition) is 0. The zero-order valence-electron chi connectivity index (χ0n) is 40.4. The Morgan fingerprint density at radius 2 is 0.775 bits per heavy atom. The molecule has 1 nitrogen and oxygen atoms in total. The van der Waals surface area contributed by atoms with Crippen LogP contribution in [-0.2, 0) is 10.8 Å². The molecule has 10 aromatic carbocycles. The third-order valence-electron chi connectivity index (χ3n) is 17.2. The van der Waals surface area contributed by atoms with Gasteiger partial charge in [0.1, 0.15) is 0 Å². The Kier molecular flexibility index (Phi) is 9.62. The first-order chi connectivity index (χ1) is 34.9. The maximum Gasteiger partial charge on any atom is 0.0465 e. The lowest BCUT2D eigenvalue weighted by molar-refractivity contribution is 0.327. The molecule has 0 heterocycles. The average molecular weight is 910 g/mol. The van der Waals surface area contributed by atoms with E-state index in [4.69, 9.17) is 0 Å². The van der Waals surface area contributed by atoms with E-state index in [1.165, 1.54) is 126 Å². The van der Waals surface area contributed by atoms with E-state index >= 15 is 0 Å². The molecule has 1 spiro atoms. The molecule has 71 heavy (non-hydrogen) atoms. The smallest absolute Gasteiger partial charge is 0.0465 e. The van der Waals surface area contributed by atoms with Gasteiger partial charge < -0.3 is 4.90 Å². The van der Waals surface area contributed by atoms with Crippen molar-refractivity contribution >= 4 is 17.1 Å². The van der Waals surface area contributed by atoms with Crippen LogP contribution < -0.4 is 4.90 Å². The molecule has 4 aliphatic rings. The molecule has 10 aromatic rings. The standard InChI is InChI=1S/C70H55N/c1-69(2)65-21-10-8-18-61(65)64-20-12-19-63(68(64)69)59-16-7-6-15-58(59)53-34-39-56(40-35-53)71(57-41-42-62-60-17-9-11-22-66(60)70(67(62)44-57)45-46-23-36-54(70)43-46)55-37-32-52(33-38-55)51-30-28-50(29-31-51)49-26-24-48(25-27-49)47-13-4-3-5-14-47/h3-22,24-35,37-42,44,46,54H,23,36,43,45H2,1-2H3. The lowest BCUT2D eigenvalue weighted by atomic mass is 9.67. The molecule has 2 bridgehead atoms. The van der Waals surface area contributed by atoms with Crippen LogP contribution in [0.2, 0.25) is 0 Å². The minimum Gasteiger partial charge on any atom is -0.310 e. The number of fused-ring (bicyclic) bond motifs is 11. The maximum atomic E-state index is 2.58. The molecule has 3 atom stereocenters. The molecular formula is C70H55N. The van der Waals surface area contributed by atoms with Gasteiger partial charge in [-0.3, -0.25) is 0 Å². The predicted octanol–water partition coefficient (Wildman–Crippen LogP) is 18.9. The fourth-order valence-electron chi connectivity index (χ4n) is 13.9. The highest BCUT2D eigenvalue weighted by atomic mass is 15.1. The first-order valence-corrected chi connectivity index (χ1v) is 25.8. The summed E-state index contributed by atoms with van der Waals surface area (Å²) in [7, 11) is 0. The van der Waals surface area contributed by atoms with Crippen molar-refractivity contribution in [2.75, 3.05) is 4.90 Å². The first-order valence-electron chi connectivity index (χ1n) is 25.8. The van der Waals surface area contributed by atoms with E-state index in [9.17, 15) is 0 Å². The highest BCUT2D eigenvalue weighted by Gasteiger charge is 2.56. The van der Waals surface area contributed by atoms with Crippen LogP contribution in [0.1, 0.15) is 61.8 Å². The highest BCUT2D eigenvalue weighted by Crippen LogP contribution is 2.66.